The van der Waals surface area contributed by atoms with Crippen molar-refractivity contribution in [1.82, 2.24) is 4.98 Å². The van der Waals surface area contributed by atoms with E-state index < -0.39 is 6.36 Å². The van der Waals surface area contributed by atoms with Gasteiger partial charge in [0.15, 0.2) is 11.7 Å². The number of nitrogens with zero attached hydrogens (tertiary/aromatic N) is 3. The molecule has 0 unspecified atom stereocenters. The Morgan fingerprint density at radius 1 is 1.18 bits per heavy atom. The SMILES string of the molecule is I.NC(=NCc1ccc(N2CCCC2)nc1)Nc1ccccc1OC(F)(F)F. The summed E-state index contributed by atoms with van der Waals surface area (Å²) < 4.78 is 41.3. The summed E-state index contributed by atoms with van der Waals surface area (Å²) in [6.07, 6.45) is -0.706. The minimum absolute atomic E-state index is 0. The number of aliphatic imine (C=N–C) groups is 1. The van der Waals surface area contributed by atoms with Gasteiger partial charge in [0.25, 0.3) is 0 Å². The van der Waals surface area contributed by atoms with Crippen molar-refractivity contribution in [1.29, 1.82) is 0 Å². The summed E-state index contributed by atoms with van der Waals surface area (Å²) in [4.78, 5) is 10.8. The summed E-state index contributed by atoms with van der Waals surface area (Å²) in [6.45, 7) is 2.29. The molecule has 152 valence electrons. The van der Waals surface area contributed by atoms with Crippen LogP contribution in [0.1, 0.15) is 18.4 Å². The van der Waals surface area contributed by atoms with Crippen molar-refractivity contribution in [3.8, 4) is 5.75 Å². The molecule has 0 radical (unpaired) electrons. The number of nitrogens with one attached hydrogen (secondary N) is 1. The molecule has 3 rings (SSSR count). The van der Waals surface area contributed by atoms with E-state index in [9.17, 15) is 13.2 Å². The third-order valence-electron chi connectivity index (χ3n) is 4.05. The number of benzene rings is 1. The van der Waals surface area contributed by atoms with E-state index in [2.05, 4.69) is 24.9 Å². The number of anilines is 2. The number of aromatic nitrogens is 1. The minimum Gasteiger partial charge on any atom is -0.404 e. The van der Waals surface area contributed by atoms with Gasteiger partial charge in [-0.15, -0.1) is 37.1 Å². The molecule has 1 aromatic carbocycles. The lowest BCUT2D eigenvalue weighted by molar-refractivity contribution is -0.274. The molecule has 1 fully saturated rings. The third-order valence-corrected chi connectivity index (χ3v) is 4.05. The second kappa shape index (κ2) is 9.80. The zero-order valence-electron chi connectivity index (χ0n) is 14.9. The van der Waals surface area contributed by atoms with E-state index in [1.807, 2.05) is 12.1 Å². The molecule has 2 aromatic rings. The first-order valence-electron chi connectivity index (χ1n) is 8.52. The van der Waals surface area contributed by atoms with Gasteiger partial charge in [0.2, 0.25) is 0 Å². The van der Waals surface area contributed by atoms with E-state index in [0.29, 0.717) is 0 Å². The van der Waals surface area contributed by atoms with Gasteiger partial charge in [0.1, 0.15) is 5.82 Å². The van der Waals surface area contributed by atoms with Crippen LogP contribution >= 0.6 is 24.0 Å². The average Bonchev–Trinajstić information content (AvgIpc) is 3.16. The molecule has 2 heterocycles. The first kappa shape index (κ1) is 22.1. The van der Waals surface area contributed by atoms with Gasteiger partial charge in [0, 0.05) is 19.3 Å². The number of hydrogen-bond acceptors (Lipinski definition) is 4. The van der Waals surface area contributed by atoms with Gasteiger partial charge in [-0.25, -0.2) is 9.98 Å². The van der Waals surface area contributed by atoms with Gasteiger partial charge in [-0.3, -0.25) is 0 Å². The standard InChI is InChI=1S/C18H20F3N5O.HI/c19-18(20,21)27-15-6-2-1-5-14(15)25-17(22)24-12-13-7-8-16(23-11-13)26-9-3-4-10-26;/h1-2,5-8,11H,3-4,9-10,12H2,(H3,22,24,25);1H. The Morgan fingerprint density at radius 2 is 1.89 bits per heavy atom. The smallest absolute Gasteiger partial charge is 0.404 e. The summed E-state index contributed by atoms with van der Waals surface area (Å²) in [5.41, 5.74) is 6.72. The van der Waals surface area contributed by atoms with Crippen LogP contribution in [0.5, 0.6) is 5.75 Å². The number of rotatable bonds is 5. The lowest BCUT2D eigenvalue weighted by atomic mass is 10.3. The summed E-state index contributed by atoms with van der Waals surface area (Å²) in [5, 5.41) is 2.63. The van der Waals surface area contributed by atoms with Crippen LogP contribution in [0.15, 0.2) is 47.6 Å². The fourth-order valence-electron chi connectivity index (χ4n) is 2.78. The predicted octanol–water partition coefficient (Wildman–Crippen LogP) is 4.13. The Labute approximate surface area is 178 Å². The molecule has 1 aromatic heterocycles. The highest BCUT2D eigenvalue weighted by Crippen LogP contribution is 2.29. The molecular weight excluding hydrogens is 486 g/mol. The Kier molecular flexibility index (Phi) is 7.72. The van der Waals surface area contributed by atoms with E-state index in [1.54, 1.807) is 12.3 Å². The number of ether oxygens (including phenoxy) is 1. The zero-order chi connectivity index (χ0) is 19.3. The number of nitrogens with two attached hydrogens (primary N) is 1. The highest BCUT2D eigenvalue weighted by molar-refractivity contribution is 14.0. The van der Waals surface area contributed by atoms with Crippen molar-refractivity contribution in [2.75, 3.05) is 23.3 Å². The van der Waals surface area contributed by atoms with Crippen molar-refractivity contribution in [3.05, 3.63) is 48.2 Å². The van der Waals surface area contributed by atoms with Crippen molar-refractivity contribution in [2.24, 2.45) is 10.7 Å². The van der Waals surface area contributed by atoms with Crippen LogP contribution in [-0.4, -0.2) is 30.4 Å². The van der Waals surface area contributed by atoms with Crippen LogP contribution in [0.3, 0.4) is 0 Å². The molecule has 1 aliphatic heterocycles. The second-order valence-corrected chi connectivity index (χ2v) is 6.09. The summed E-state index contributed by atoms with van der Waals surface area (Å²) in [7, 11) is 0. The van der Waals surface area contributed by atoms with Crippen LogP contribution in [0.25, 0.3) is 0 Å². The quantitative estimate of drug-likeness (QED) is 0.362. The van der Waals surface area contributed by atoms with Crippen LogP contribution in [0.4, 0.5) is 24.7 Å². The fourth-order valence-corrected chi connectivity index (χ4v) is 2.78. The summed E-state index contributed by atoms with van der Waals surface area (Å²) in [6, 6.07) is 9.48. The minimum atomic E-state index is -4.79. The highest BCUT2D eigenvalue weighted by Gasteiger charge is 2.32. The van der Waals surface area contributed by atoms with E-state index in [-0.39, 0.29) is 47.9 Å². The Balaban J connectivity index is 0.00000280. The van der Waals surface area contributed by atoms with Crippen molar-refractivity contribution in [3.63, 3.8) is 0 Å². The van der Waals surface area contributed by atoms with Gasteiger partial charge >= 0.3 is 6.36 Å². The number of halogens is 4. The van der Waals surface area contributed by atoms with E-state index in [4.69, 9.17) is 5.73 Å². The molecule has 1 aliphatic rings. The van der Waals surface area contributed by atoms with Crippen LogP contribution < -0.4 is 20.7 Å². The molecule has 28 heavy (non-hydrogen) atoms. The molecule has 3 N–H and O–H groups in total. The van der Waals surface area contributed by atoms with Crippen LogP contribution in [0, 0.1) is 0 Å². The summed E-state index contributed by atoms with van der Waals surface area (Å²) in [5.74, 6) is 0.543. The monoisotopic (exact) mass is 507 g/mol. The van der Waals surface area contributed by atoms with Crippen molar-refractivity contribution < 1.29 is 17.9 Å². The normalized spacial score (nSPS) is 14.5. The van der Waals surface area contributed by atoms with Gasteiger partial charge in [-0.1, -0.05) is 18.2 Å². The first-order valence-corrected chi connectivity index (χ1v) is 8.52. The number of pyridine rings is 1. The molecule has 10 heteroatoms. The average molecular weight is 507 g/mol. The maximum atomic E-state index is 12.5. The lowest BCUT2D eigenvalue weighted by Gasteiger charge is -2.16. The molecular formula is C18H21F3IN5O. The fraction of sp³-hybridized carbons (Fsp3) is 0.333. The van der Waals surface area contributed by atoms with Crippen LogP contribution in [-0.2, 0) is 6.54 Å². The number of hydrogen-bond donors (Lipinski definition) is 2. The zero-order valence-corrected chi connectivity index (χ0v) is 17.3. The maximum absolute atomic E-state index is 12.5. The van der Waals surface area contributed by atoms with Crippen molar-refractivity contribution >= 4 is 41.4 Å². The number of alkyl halides is 3. The van der Waals surface area contributed by atoms with Gasteiger partial charge < -0.3 is 20.7 Å². The highest BCUT2D eigenvalue weighted by atomic mass is 127. The van der Waals surface area contributed by atoms with E-state index in [0.717, 1.165) is 24.5 Å². The van der Waals surface area contributed by atoms with Gasteiger partial charge in [0.05, 0.1) is 12.2 Å². The molecule has 0 aliphatic carbocycles. The molecule has 0 spiro atoms. The van der Waals surface area contributed by atoms with E-state index in [1.165, 1.54) is 31.0 Å². The Hall–Kier alpha value is -2.24. The van der Waals surface area contributed by atoms with Gasteiger partial charge in [-0.05, 0) is 36.6 Å². The summed E-state index contributed by atoms with van der Waals surface area (Å²) >= 11 is 0. The Bertz CT molecular complexity index is 793. The molecule has 0 bridgehead atoms. The molecule has 1 saturated heterocycles. The number of guanidine groups is 1. The predicted molar refractivity (Wildman–Crippen MR) is 113 cm³/mol. The first-order chi connectivity index (χ1) is 12.9. The largest absolute Gasteiger partial charge is 0.573 e. The van der Waals surface area contributed by atoms with E-state index >= 15 is 0 Å². The molecule has 6 nitrogen and oxygen atoms in total. The molecule has 0 amide bonds. The van der Waals surface area contributed by atoms with Crippen LogP contribution in [0.2, 0.25) is 0 Å². The number of para-hydroxylation sites is 2. The maximum Gasteiger partial charge on any atom is 0.573 e. The molecule has 0 atom stereocenters. The third kappa shape index (κ3) is 6.43. The second-order valence-electron chi connectivity index (χ2n) is 6.09. The molecule has 0 saturated carbocycles. The Morgan fingerprint density at radius 3 is 2.54 bits per heavy atom. The van der Waals surface area contributed by atoms with Gasteiger partial charge in [-0.2, -0.15) is 0 Å². The lowest BCUT2D eigenvalue weighted by Crippen LogP contribution is -2.24. The van der Waals surface area contributed by atoms with Crippen molar-refractivity contribution in [2.45, 2.75) is 25.7 Å². The topological polar surface area (TPSA) is 75.8 Å².